The van der Waals surface area contributed by atoms with E-state index >= 15 is 0 Å². The third kappa shape index (κ3) is 4.77. The minimum absolute atomic E-state index is 0.138. The number of sulfonamides is 1. The van der Waals surface area contributed by atoms with Crippen LogP contribution in [0.5, 0.6) is 0 Å². The van der Waals surface area contributed by atoms with Gasteiger partial charge in [0.15, 0.2) is 5.78 Å². The second kappa shape index (κ2) is 6.67. The Morgan fingerprint density at radius 3 is 2.30 bits per heavy atom. The lowest BCUT2D eigenvalue weighted by Crippen LogP contribution is -2.11. The molecular formula is C15H13F2NO3S2. The van der Waals surface area contributed by atoms with Crippen LogP contribution >= 0.6 is 11.8 Å². The van der Waals surface area contributed by atoms with Gasteiger partial charge < -0.3 is 0 Å². The van der Waals surface area contributed by atoms with Crippen molar-refractivity contribution >= 4 is 33.3 Å². The van der Waals surface area contributed by atoms with Crippen molar-refractivity contribution in [1.29, 1.82) is 0 Å². The van der Waals surface area contributed by atoms with Gasteiger partial charge in [-0.05, 0) is 31.2 Å². The number of carbonyl (C=O) groups is 1. The van der Waals surface area contributed by atoms with Gasteiger partial charge >= 0.3 is 0 Å². The zero-order valence-electron chi connectivity index (χ0n) is 12.3. The molecule has 0 aliphatic rings. The summed E-state index contributed by atoms with van der Waals surface area (Å²) in [6.45, 7) is 1.35. The van der Waals surface area contributed by atoms with Crippen LogP contribution in [0, 0.1) is 11.6 Å². The molecule has 0 saturated carbocycles. The van der Waals surface area contributed by atoms with Crippen LogP contribution in [0.2, 0.25) is 0 Å². The molecule has 0 aromatic heterocycles. The molecule has 0 unspecified atom stereocenters. The maximum atomic E-state index is 13.8. The first-order valence-corrected chi connectivity index (χ1v) is 9.12. The third-order valence-corrected chi connectivity index (χ3v) is 4.51. The smallest absolute Gasteiger partial charge is 0.229 e. The molecule has 0 fully saturated rings. The summed E-state index contributed by atoms with van der Waals surface area (Å²) in [6.07, 6.45) is 0.973. The molecule has 0 saturated heterocycles. The van der Waals surface area contributed by atoms with Crippen molar-refractivity contribution in [3.63, 3.8) is 0 Å². The summed E-state index contributed by atoms with van der Waals surface area (Å²) in [5.74, 6) is -1.68. The molecule has 2 aromatic rings. The molecule has 0 bridgehead atoms. The molecule has 0 atom stereocenters. The second-order valence-corrected chi connectivity index (χ2v) is 7.65. The van der Waals surface area contributed by atoms with Gasteiger partial charge in [0.05, 0.1) is 11.9 Å². The maximum Gasteiger partial charge on any atom is 0.229 e. The lowest BCUT2D eigenvalue weighted by molar-refractivity contribution is 0.101. The minimum atomic E-state index is -3.58. The average Bonchev–Trinajstić information content (AvgIpc) is 2.41. The summed E-state index contributed by atoms with van der Waals surface area (Å²) in [7, 11) is -3.58. The fourth-order valence-corrected chi connectivity index (χ4v) is 3.31. The van der Waals surface area contributed by atoms with Crippen molar-refractivity contribution in [3.05, 3.63) is 53.6 Å². The van der Waals surface area contributed by atoms with E-state index in [-0.39, 0.29) is 16.4 Å². The van der Waals surface area contributed by atoms with E-state index in [1.807, 2.05) is 0 Å². The number of Topliss-reactive ketones (excluding diaryl/α,β-unsaturated/α-hetero) is 1. The van der Waals surface area contributed by atoms with E-state index in [0.29, 0.717) is 10.5 Å². The monoisotopic (exact) mass is 357 g/mol. The summed E-state index contributed by atoms with van der Waals surface area (Å²) in [6, 6.07) is 7.53. The quantitative estimate of drug-likeness (QED) is 0.829. The van der Waals surface area contributed by atoms with Crippen molar-refractivity contribution in [1.82, 2.24) is 0 Å². The van der Waals surface area contributed by atoms with E-state index in [2.05, 4.69) is 4.72 Å². The first-order valence-electron chi connectivity index (χ1n) is 6.41. The molecule has 0 amide bonds. The highest BCUT2D eigenvalue weighted by molar-refractivity contribution is 7.99. The van der Waals surface area contributed by atoms with Crippen molar-refractivity contribution in [2.75, 3.05) is 11.0 Å². The van der Waals surface area contributed by atoms with Crippen LogP contribution < -0.4 is 4.72 Å². The van der Waals surface area contributed by atoms with E-state index < -0.39 is 21.7 Å². The zero-order valence-corrected chi connectivity index (χ0v) is 13.9. The van der Waals surface area contributed by atoms with Crippen molar-refractivity contribution in [2.24, 2.45) is 0 Å². The second-order valence-electron chi connectivity index (χ2n) is 4.82. The lowest BCUT2D eigenvalue weighted by atomic mass is 10.1. The number of anilines is 1. The zero-order chi connectivity index (χ0) is 17.2. The van der Waals surface area contributed by atoms with Gasteiger partial charge in [-0.2, -0.15) is 0 Å². The summed E-state index contributed by atoms with van der Waals surface area (Å²) in [5.41, 5.74) is 0.481. The maximum absolute atomic E-state index is 13.8. The number of carbonyl (C=O) groups excluding carboxylic acids is 1. The Balaban J connectivity index is 2.46. The van der Waals surface area contributed by atoms with Crippen LogP contribution in [-0.4, -0.2) is 20.5 Å². The van der Waals surface area contributed by atoms with Gasteiger partial charge in [-0.1, -0.05) is 17.8 Å². The van der Waals surface area contributed by atoms with E-state index in [0.717, 1.165) is 30.2 Å². The standard InChI is InChI=1S/C15H13F2NO3S2/c1-9(19)10-3-5-15(13(7-10)18-23(2,20)21)22-14-6-4-11(16)8-12(14)17/h3-8,18H,1-2H3. The summed E-state index contributed by atoms with van der Waals surface area (Å²) in [5, 5.41) is 0. The number of benzene rings is 2. The van der Waals surface area contributed by atoms with Gasteiger partial charge in [0.2, 0.25) is 10.0 Å². The van der Waals surface area contributed by atoms with E-state index in [1.165, 1.54) is 31.2 Å². The summed E-state index contributed by atoms with van der Waals surface area (Å²) >= 11 is 0.931. The van der Waals surface area contributed by atoms with Crippen LogP contribution in [0.1, 0.15) is 17.3 Å². The van der Waals surface area contributed by atoms with Gasteiger partial charge in [0, 0.05) is 21.4 Å². The molecule has 0 aliphatic carbocycles. The number of ketones is 1. The Hall–Kier alpha value is -1.93. The van der Waals surface area contributed by atoms with Gasteiger partial charge in [-0.15, -0.1) is 0 Å². The summed E-state index contributed by atoms with van der Waals surface area (Å²) < 4.78 is 51.9. The van der Waals surface area contributed by atoms with Crippen LogP contribution in [0.4, 0.5) is 14.5 Å². The van der Waals surface area contributed by atoms with Gasteiger partial charge in [0.1, 0.15) is 11.6 Å². The highest BCUT2D eigenvalue weighted by Gasteiger charge is 2.14. The molecule has 23 heavy (non-hydrogen) atoms. The molecule has 122 valence electrons. The predicted molar refractivity (Wildman–Crippen MR) is 85.4 cm³/mol. The molecule has 0 heterocycles. The number of hydrogen-bond acceptors (Lipinski definition) is 4. The average molecular weight is 357 g/mol. The van der Waals surface area contributed by atoms with Crippen LogP contribution in [0.25, 0.3) is 0 Å². The van der Waals surface area contributed by atoms with Crippen molar-refractivity contribution < 1.29 is 22.0 Å². The molecule has 4 nitrogen and oxygen atoms in total. The third-order valence-electron chi connectivity index (χ3n) is 2.80. The molecule has 1 N–H and O–H groups in total. The van der Waals surface area contributed by atoms with Crippen LogP contribution in [0.3, 0.4) is 0 Å². The molecular weight excluding hydrogens is 344 g/mol. The Morgan fingerprint density at radius 1 is 1.09 bits per heavy atom. The van der Waals surface area contributed by atoms with Gasteiger partial charge in [-0.3, -0.25) is 9.52 Å². The highest BCUT2D eigenvalue weighted by Crippen LogP contribution is 2.36. The first-order chi connectivity index (χ1) is 10.7. The molecule has 0 aliphatic heterocycles. The van der Waals surface area contributed by atoms with Crippen molar-refractivity contribution in [2.45, 2.75) is 16.7 Å². The molecule has 8 heteroatoms. The Kier molecular flexibility index (Phi) is 5.06. The first kappa shape index (κ1) is 17.4. The number of hydrogen-bond donors (Lipinski definition) is 1. The number of nitrogens with one attached hydrogen (secondary N) is 1. The normalized spacial score (nSPS) is 11.3. The van der Waals surface area contributed by atoms with E-state index in [1.54, 1.807) is 0 Å². The van der Waals surface area contributed by atoms with Gasteiger partial charge in [0.25, 0.3) is 0 Å². The largest absolute Gasteiger partial charge is 0.295 e. The fourth-order valence-electron chi connectivity index (χ4n) is 1.79. The Bertz CT molecular complexity index is 867. The highest BCUT2D eigenvalue weighted by atomic mass is 32.2. The molecule has 2 rings (SSSR count). The SMILES string of the molecule is CC(=O)c1ccc(Sc2ccc(F)cc2F)c(NS(C)(=O)=O)c1. The Morgan fingerprint density at radius 2 is 1.74 bits per heavy atom. The number of halogens is 2. The van der Waals surface area contributed by atoms with E-state index in [9.17, 15) is 22.0 Å². The lowest BCUT2D eigenvalue weighted by Gasteiger charge is -2.12. The molecule has 0 radical (unpaired) electrons. The van der Waals surface area contributed by atoms with E-state index in [4.69, 9.17) is 0 Å². The Labute approximate surface area is 137 Å². The fraction of sp³-hybridized carbons (Fsp3) is 0.133. The topological polar surface area (TPSA) is 63.2 Å². The van der Waals surface area contributed by atoms with Crippen molar-refractivity contribution in [3.8, 4) is 0 Å². The molecule has 2 aromatic carbocycles. The van der Waals surface area contributed by atoms with Crippen LogP contribution in [-0.2, 0) is 10.0 Å². The predicted octanol–water partition coefficient (Wildman–Crippen LogP) is 3.69. The molecule has 0 spiro atoms. The van der Waals surface area contributed by atoms with Gasteiger partial charge in [-0.25, -0.2) is 17.2 Å². The number of rotatable bonds is 5. The minimum Gasteiger partial charge on any atom is -0.295 e. The summed E-state index contributed by atoms with van der Waals surface area (Å²) in [4.78, 5) is 12.0. The van der Waals surface area contributed by atoms with Crippen LogP contribution in [0.15, 0.2) is 46.2 Å².